The number of piperazine rings is 1. The Labute approximate surface area is 174 Å². The summed E-state index contributed by atoms with van der Waals surface area (Å²) in [5.41, 5.74) is 0. The molecule has 2 aliphatic rings. The molecule has 3 rings (SSSR count). The summed E-state index contributed by atoms with van der Waals surface area (Å²) >= 11 is 0. The van der Waals surface area contributed by atoms with E-state index in [0.717, 1.165) is 32.2 Å². The van der Waals surface area contributed by atoms with Crippen molar-refractivity contribution in [2.24, 2.45) is 11.8 Å². The van der Waals surface area contributed by atoms with Crippen molar-refractivity contribution in [3.8, 4) is 5.75 Å². The zero-order valence-electron chi connectivity index (χ0n) is 18.1. The minimum Gasteiger partial charge on any atom is -0.410 e. The van der Waals surface area contributed by atoms with Crippen LogP contribution in [0.15, 0.2) is 30.3 Å². The Balaban J connectivity index is 1.83. The van der Waals surface area contributed by atoms with E-state index in [1.54, 1.807) is 19.1 Å². The first kappa shape index (κ1) is 21.6. The molecule has 1 aliphatic carbocycles. The minimum absolute atomic E-state index is 0.00657. The van der Waals surface area contributed by atoms with Gasteiger partial charge in [0.25, 0.3) is 0 Å². The maximum atomic E-state index is 13.1. The van der Waals surface area contributed by atoms with E-state index in [4.69, 9.17) is 4.74 Å². The summed E-state index contributed by atoms with van der Waals surface area (Å²) < 4.78 is 5.69. The predicted octanol–water partition coefficient (Wildman–Crippen LogP) is 3.52. The van der Waals surface area contributed by atoms with Gasteiger partial charge in [-0.05, 0) is 63.7 Å². The fraction of sp³-hybridized carbons (Fsp3) is 0.652. The molecule has 5 unspecified atom stereocenters. The maximum Gasteiger partial charge on any atom is 0.415 e. The van der Waals surface area contributed by atoms with Crippen LogP contribution in [0.3, 0.4) is 0 Å². The van der Waals surface area contributed by atoms with Gasteiger partial charge in [0, 0.05) is 19.5 Å². The van der Waals surface area contributed by atoms with Crippen molar-refractivity contribution in [1.82, 2.24) is 15.1 Å². The maximum absolute atomic E-state index is 13.1. The van der Waals surface area contributed by atoms with E-state index in [-0.39, 0.29) is 30.1 Å². The Morgan fingerprint density at radius 3 is 2.55 bits per heavy atom. The van der Waals surface area contributed by atoms with Crippen molar-refractivity contribution in [2.45, 2.75) is 64.6 Å². The van der Waals surface area contributed by atoms with E-state index in [9.17, 15) is 9.59 Å². The number of benzene rings is 1. The topological polar surface area (TPSA) is 61.9 Å². The number of fused-ring (bicyclic) bond motifs is 1. The first-order chi connectivity index (χ1) is 14.0. The van der Waals surface area contributed by atoms with Gasteiger partial charge in [-0.25, -0.2) is 4.79 Å². The van der Waals surface area contributed by atoms with Gasteiger partial charge < -0.3 is 19.9 Å². The highest BCUT2D eigenvalue weighted by Crippen LogP contribution is 2.39. The van der Waals surface area contributed by atoms with E-state index in [1.807, 2.05) is 42.0 Å². The van der Waals surface area contributed by atoms with Crippen LogP contribution < -0.4 is 10.1 Å². The fourth-order valence-electron chi connectivity index (χ4n) is 5.39. The van der Waals surface area contributed by atoms with Crippen molar-refractivity contribution in [3.05, 3.63) is 30.3 Å². The van der Waals surface area contributed by atoms with E-state index < -0.39 is 0 Å². The Kier molecular flexibility index (Phi) is 7.17. The van der Waals surface area contributed by atoms with Crippen LogP contribution in [0.4, 0.5) is 4.79 Å². The quantitative estimate of drug-likeness (QED) is 0.820. The minimum atomic E-state index is -0.302. The highest BCUT2D eigenvalue weighted by Gasteiger charge is 2.47. The lowest BCUT2D eigenvalue weighted by molar-refractivity contribution is -0.142. The molecule has 0 spiro atoms. The van der Waals surface area contributed by atoms with E-state index >= 15 is 0 Å². The Morgan fingerprint density at radius 1 is 1.21 bits per heavy atom. The van der Waals surface area contributed by atoms with Crippen LogP contribution in [0.1, 0.15) is 46.5 Å². The molecular formula is C23H35N3O3. The van der Waals surface area contributed by atoms with E-state index in [0.29, 0.717) is 24.1 Å². The summed E-state index contributed by atoms with van der Waals surface area (Å²) in [7, 11) is 2.00. The smallest absolute Gasteiger partial charge is 0.410 e. The average Bonchev–Trinajstić information content (AvgIpc) is 2.71. The number of hydrogen-bond acceptors (Lipinski definition) is 4. The summed E-state index contributed by atoms with van der Waals surface area (Å²) in [6.07, 6.45) is 3.77. The molecule has 0 radical (unpaired) electrons. The number of amides is 2. The van der Waals surface area contributed by atoms with Crippen LogP contribution in [0.2, 0.25) is 0 Å². The summed E-state index contributed by atoms with van der Waals surface area (Å²) in [5, 5.41) is 3.32. The molecule has 0 aromatic heterocycles. The summed E-state index contributed by atoms with van der Waals surface area (Å²) in [6.45, 7) is 7.41. The Hall–Kier alpha value is -2.08. The number of carbonyl (C=O) groups excluding carboxylic acids is 2. The number of para-hydroxylation sites is 1. The first-order valence-electron chi connectivity index (χ1n) is 10.9. The molecule has 0 bridgehead atoms. The first-order valence-corrected chi connectivity index (χ1v) is 10.9. The number of nitrogens with one attached hydrogen (secondary N) is 1. The van der Waals surface area contributed by atoms with Crippen LogP contribution in [-0.4, -0.2) is 60.1 Å². The van der Waals surface area contributed by atoms with Gasteiger partial charge in [0.1, 0.15) is 5.75 Å². The summed E-state index contributed by atoms with van der Waals surface area (Å²) in [6, 6.07) is 9.30. The van der Waals surface area contributed by atoms with E-state index in [2.05, 4.69) is 12.2 Å². The standard InChI is InChI=1S/C23H35N3O3/c1-5-18(14-24-4)19-11-12-21-22(13-19)25(15-16(2)26(21)17(3)27)23(28)29-20-9-7-6-8-10-20/h6-10,16,18-19,21-22,24H,5,11-15H2,1-4H3. The molecule has 5 atom stereocenters. The van der Waals surface area contributed by atoms with Gasteiger partial charge in [-0.1, -0.05) is 31.5 Å². The molecular weight excluding hydrogens is 366 g/mol. The lowest BCUT2D eigenvalue weighted by Crippen LogP contribution is -2.67. The molecule has 1 N–H and O–H groups in total. The molecule has 1 saturated heterocycles. The third kappa shape index (κ3) is 4.74. The molecule has 2 amide bonds. The van der Waals surface area contributed by atoms with Gasteiger partial charge in [-0.3, -0.25) is 4.79 Å². The molecule has 2 fully saturated rings. The number of carbonyl (C=O) groups is 2. The van der Waals surface area contributed by atoms with Gasteiger partial charge in [0.2, 0.25) is 5.91 Å². The Morgan fingerprint density at radius 2 is 1.93 bits per heavy atom. The largest absolute Gasteiger partial charge is 0.415 e. The lowest BCUT2D eigenvalue weighted by Gasteiger charge is -2.54. The molecule has 1 aliphatic heterocycles. The molecule has 1 saturated carbocycles. The molecule has 6 nitrogen and oxygen atoms in total. The van der Waals surface area contributed by atoms with Gasteiger partial charge in [-0.2, -0.15) is 0 Å². The van der Waals surface area contributed by atoms with E-state index in [1.165, 1.54) is 0 Å². The molecule has 160 valence electrons. The molecule has 6 heteroatoms. The van der Waals surface area contributed by atoms with Crippen molar-refractivity contribution in [2.75, 3.05) is 20.1 Å². The Bertz CT molecular complexity index is 696. The second-order valence-corrected chi connectivity index (χ2v) is 8.54. The number of hydrogen-bond donors (Lipinski definition) is 1. The lowest BCUT2D eigenvalue weighted by atomic mass is 9.72. The van der Waals surface area contributed by atoms with Gasteiger partial charge in [0.15, 0.2) is 0 Å². The van der Waals surface area contributed by atoms with Crippen molar-refractivity contribution in [1.29, 1.82) is 0 Å². The van der Waals surface area contributed by atoms with Crippen LogP contribution in [0, 0.1) is 11.8 Å². The fourth-order valence-corrected chi connectivity index (χ4v) is 5.39. The van der Waals surface area contributed by atoms with Gasteiger partial charge >= 0.3 is 6.09 Å². The third-order valence-corrected chi connectivity index (χ3v) is 6.72. The number of nitrogens with zero attached hydrogens (tertiary/aromatic N) is 2. The normalized spacial score (nSPS) is 27.9. The second-order valence-electron chi connectivity index (χ2n) is 8.54. The van der Waals surface area contributed by atoms with Crippen molar-refractivity contribution in [3.63, 3.8) is 0 Å². The summed E-state index contributed by atoms with van der Waals surface area (Å²) in [4.78, 5) is 29.4. The average molecular weight is 402 g/mol. The molecule has 29 heavy (non-hydrogen) atoms. The molecule has 1 aromatic rings. The van der Waals surface area contributed by atoms with Gasteiger partial charge in [0.05, 0.1) is 12.1 Å². The highest BCUT2D eigenvalue weighted by molar-refractivity contribution is 5.76. The number of ether oxygens (including phenoxy) is 1. The summed E-state index contributed by atoms with van der Waals surface area (Å²) in [5.74, 6) is 1.79. The second kappa shape index (κ2) is 9.61. The SMILES string of the molecule is CCC(CNC)C1CCC2C(C1)N(C(=O)Oc1ccccc1)CC(C)N2C(C)=O. The number of rotatable bonds is 5. The van der Waals surface area contributed by atoms with Crippen molar-refractivity contribution < 1.29 is 14.3 Å². The zero-order valence-corrected chi connectivity index (χ0v) is 18.1. The predicted molar refractivity (Wildman–Crippen MR) is 114 cm³/mol. The van der Waals surface area contributed by atoms with Crippen LogP contribution in [0.25, 0.3) is 0 Å². The van der Waals surface area contributed by atoms with Crippen LogP contribution in [0.5, 0.6) is 5.75 Å². The highest BCUT2D eigenvalue weighted by atomic mass is 16.6. The molecule has 1 aromatic carbocycles. The molecule has 1 heterocycles. The third-order valence-electron chi connectivity index (χ3n) is 6.72. The van der Waals surface area contributed by atoms with Crippen LogP contribution in [-0.2, 0) is 4.79 Å². The van der Waals surface area contributed by atoms with Gasteiger partial charge in [-0.15, -0.1) is 0 Å². The van der Waals surface area contributed by atoms with Crippen molar-refractivity contribution >= 4 is 12.0 Å². The monoisotopic (exact) mass is 401 g/mol. The van der Waals surface area contributed by atoms with Crippen LogP contribution >= 0.6 is 0 Å². The zero-order chi connectivity index (χ0) is 21.0.